The van der Waals surface area contributed by atoms with Crippen LogP contribution in [0.1, 0.15) is 23.5 Å². The van der Waals surface area contributed by atoms with Gasteiger partial charge in [0.15, 0.2) is 5.96 Å². The van der Waals surface area contributed by atoms with Crippen LogP contribution in [-0.4, -0.2) is 53.9 Å². The summed E-state index contributed by atoms with van der Waals surface area (Å²) >= 11 is 0. The first-order valence-electron chi connectivity index (χ1n) is 9.11. The molecular weight excluding hydrogens is 371 g/mol. The highest BCUT2D eigenvalue weighted by Crippen LogP contribution is 2.35. The summed E-state index contributed by atoms with van der Waals surface area (Å²) in [6.07, 6.45) is 0.478. The van der Waals surface area contributed by atoms with E-state index < -0.39 is 11.7 Å². The zero-order chi connectivity index (χ0) is 20.1. The van der Waals surface area contributed by atoms with Crippen LogP contribution >= 0.6 is 0 Å². The number of nitrogens with zero attached hydrogens (tertiary/aromatic N) is 4. The van der Waals surface area contributed by atoms with E-state index in [1.165, 1.54) is 23.8 Å². The summed E-state index contributed by atoms with van der Waals surface area (Å²) in [7, 11) is 3.59. The highest BCUT2D eigenvalue weighted by Gasteiger charge is 2.34. The maximum atomic E-state index is 13.0. The van der Waals surface area contributed by atoms with Crippen molar-refractivity contribution in [3.05, 3.63) is 47.8 Å². The predicted octanol–water partition coefficient (Wildman–Crippen LogP) is 2.88. The molecule has 1 saturated heterocycles. The Morgan fingerprint density at radius 1 is 1.36 bits per heavy atom. The number of para-hydroxylation sites is 1. The Kier molecular flexibility index (Phi) is 6.11. The second-order valence-corrected chi connectivity index (χ2v) is 6.70. The number of ether oxygens (including phenoxy) is 1. The number of halogens is 3. The number of hydrogen-bond donors (Lipinski definition) is 1. The Hall–Kier alpha value is -2.71. The summed E-state index contributed by atoms with van der Waals surface area (Å²) in [6, 6.07) is 5.22. The molecule has 1 aromatic carbocycles. The zero-order valence-corrected chi connectivity index (χ0v) is 15.9. The lowest BCUT2D eigenvalue weighted by molar-refractivity contribution is -0.138. The number of alkyl halides is 3. The van der Waals surface area contributed by atoms with E-state index in [2.05, 4.69) is 20.3 Å². The van der Waals surface area contributed by atoms with E-state index in [1.54, 1.807) is 11.7 Å². The van der Waals surface area contributed by atoms with Gasteiger partial charge in [0.05, 0.1) is 18.3 Å². The minimum Gasteiger partial charge on any atom is -0.491 e. The summed E-state index contributed by atoms with van der Waals surface area (Å²) in [5.74, 6) is 0.950. The quantitative estimate of drug-likeness (QED) is 0.481. The first-order valence-corrected chi connectivity index (χ1v) is 9.11. The predicted molar refractivity (Wildman–Crippen MR) is 100 cm³/mol. The molecule has 1 N–H and O–H groups in total. The number of nitrogens with one attached hydrogen (secondary N) is 1. The molecule has 3 rings (SSSR count). The summed E-state index contributed by atoms with van der Waals surface area (Å²) in [5.41, 5.74) is 0.436. The number of aliphatic imine (C=N–C) groups is 1. The van der Waals surface area contributed by atoms with Crippen LogP contribution in [0.15, 0.2) is 41.7 Å². The van der Waals surface area contributed by atoms with E-state index in [9.17, 15) is 13.2 Å². The molecule has 1 aromatic heterocycles. The van der Waals surface area contributed by atoms with Gasteiger partial charge in [0.25, 0.3) is 0 Å². The van der Waals surface area contributed by atoms with Crippen LogP contribution in [0.2, 0.25) is 0 Å². The largest absolute Gasteiger partial charge is 0.491 e. The fraction of sp³-hybridized carbons (Fsp3) is 0.474. The fourth-order valence-corrected chi connectivity index (χ4v) is 3.36. The number of aryl methyl sites for hydroxylation is 1. The lowest BCUT2D eigenvalue weighted by atomic mass is 10.0. The van der Waals surface area contributed by atoms with Crippen LogP contribution in [0, 0.1) is 0 Å². The average molecular weight is 395 g/mol. The van der Waals surface area contributed by atoms with Crippen LogP contribution in [0.4, 0.5) is 13.2 Å². The first-order chi connectivity index (χ1) is 13.4. The molecule has 6 nitrogen and oxygen atoms in total. The number of rotatable bonds is 5. The molecule has 9 heteroatoms. The molecule has 0 saturated carbocycles. The maximum Gasteiger partial charge on any atom is 0.419 e. The summed E-state index contributed by atoms with van der Waals surface area (Å²) in [5, 5.41) is 7.39. The van der Waals surface area contributed by atoms with Crippen molar-refractivity contribution in [3.63, 3.8) is 0 Å². The summed E-state index contributed by atoms with van der Waals surface area (Å²) in [4.78, 5) is 6.42. The van der Waals surface area contributed by atoms with Crippen molar-refractivity contribution >= 4 is 5.96 Å². The Balaban J connectivity index is 1.49. The first kappa shape index (κ1) is 20.0. The molecule has 0 spiro atoms. The lowest BCUT2D eigenvalue weighted by Gasteiger charge is -2.22. The van der Waals surface area contributed by atoms with Crippen LogP contribution in [0.3, 0.4) is 0 Å². The number of aromatic nitrogens is 2. The van der Waals surface area contributed by atoms with Gasteiger partial charge in [0.2, 0.25) is 0 Å². The van der Waals surface area contributed by atoms with Gasteiger partial charge >= 0.3 is 6.18 Å². The van der Waals surface area contributed by atoms with Gasteiger partial charge in [-0.3, -0.25) is 9.67 Å². The molecule has 0 radical (unpaired) electrons. The SMILES string of the molecule is CN=C(NCCOc1ccccc1C(F)(F)F)N1CCC(c2cnn(C)c2)C1. The second kappa shape index (κ2) is 8.53. The molecule has 2 aromatic rings. The summed E-state index contributed by atoms with van der Waals surface area (Å²) in [6.45, 7) is 2.14. The molecule has 1 aliphatic heterocycles. The van der Waals surface area contributed by atoms with Gasteiger partial charge in [0, 0.05) is 39.3 Å². The Morgan fingerprint density at radius 3 is 2.82 bits per heavy atom. The van der Waals surface area contributed by atoms with Crippen molar-refractivity contribution in [2.45, 2.75) is 18.5 Å². The van der Waals surface area contributed by atoms with E-state index in [1.807, 2.05) is 19.4 Å². The van der Waals surface area contributed by atoms with Crippen LogP contribution < -0.4 is 10.1 Å². The number of benzene rings is 1. The van der Waals surface area contributed by atoms with Crippen molar-refractivity contribution in [3.8, 4) is 5.75 Å². The Labute approximate surface area is 162 Å². The van der Waals surface area contributed by atoms with Gasteiger partial charge in [-0.2, -0.15) is 18.3 Å². The van der Waals surface area contributed by atoms with Crippen molar-refractivity contribution in [1.82, 2.24) is 20.0 Å². The molecule has 1 unspecified atom stereocenters. The van der Waals surface area contributed by atoms with Crippen molar-refractivity contribution in [2.24, 2.45) is 12.0 Å². The van der Waals surface area contributed by atoms with Gasteiger partial charge in [-0.05, 0) is 24.1 Å². The molecule has 152 valence electrons. The van der Waals surface area contributed by atoms with Gasteiger partial charge in [-0.25, -0.2) is 0 Å². The molecule has 1 aliphatic rings. The standard InChI is InChI=1S/C19H24F3N5O/c1-23-18(27-9-7-14(13-27)15-11-25-26(2)12-15)24-8-10-28-17-6-4-3-5-16(17)19(20,21)22/h3-6,11-12,14H,7-10,13H2,1-2H3,(H,23,24). The van der Waals surface area contributed by atoms with E-state index in [-0.39, 0.29) is 12.4 Å². The molecule has 1 fully saturated rings. The lowest BCUT2D eigenvalue weighted by Crippen LogP contribution is -2.41. The van der Waals surface area contributed by atoms with E-state index in [0.717, 1.165) is 31.5 Å². The highest BCUT2D eigenvalue weighted by atomic mass is 19.4. The molecule has 0 amide bonds. The molecule has 28 heavy (non-hydrogen) atoms. The van der Waals surface area contributed by atoms with Gasteiger partial charge in [-0.15, -0.1) is 0 Å². The van der Waals surface area contributed by atoms with Crippen LogP contribution in [-0.2, 0) is 13.2 Å². The normalized spacial score (nSPS) is 17.8. The minimum atomic E-state index is -4.43. The summed E-state index contributed by atoms with van der Waals surface area (Å²) < 4.78 is 46.1. The fourth-order valence-electron chi connectivity index (χ4n) is 3.36. The van der Waals surface area contributed by atoms with Crippen molar-refractivity contribution < 1.29 is 17.9 Å². The van der Waals surface area contributed by atoms with E-state index in [0.29, 0.717) is 12.5 Å². The smallest absolute Gasteiger partial charge is 0.419 e. The molecule has 0 aliphatic carbocycles. The highest BCUT2D eigenvalue weighted by molar-refractivity contribution is 5.80. The van der Waals surface area contributed by atoms with Crippen molar-refractivity contribution in [2.75, 3.05) is 33.3 Å². The molecule has 1 atom stereocenters. The Bertz CT molecular complexity index is 818. The third kappa shape index (κ3) is 4.76. The molecule has 0 bridgehead atoms. The third-order valence-electron chi connectivity index (χ3n) is 4.73. The van der Waals surface area contributed by atoms with E-state index >= 15 is 0 Å². The molecular formula is C19H24F3N5O. The monoisotopic (exact) mass is 395 g/mol. The van der Waals surface area contributed by atoms with Gasteiger partial charge in [-0.1, -0.05) is 12.1 Å². The van der Waals surface area contributed by atoms with Crippen molar-refractivity contribution in [1.29, 1.82) is 0 Å². The Morgan fingerprint density at radius 2 is 2.14 bits per heavy atom. The van der Waals surface area contributed by atoms with Crippen LogP contribution in [0.5, 0.6) is 5.75 Å². The zero-order valence-electron chi connectivity index (χ0n) is 15.9. The number of guanidine groups is 1. The minimum absolute atomic E-state index is 0.103. The number of likely N-dealkylation sites (tertiary alicyclic amines) is 1. The third-order valence-corrected chi connectivity index (χ3v) is 4.73. The van der Waals surface area contributed by atoms with E-state index in [4.69, 9.17) is 4.74 Å². The maximum absolute atomic E-state index is 13.0. The van der Waals surface area contributed by atoms with Gasteiger partial charge in [0.1, 0.15) is 12.4 Å². The topological polar surface area (TPSA) is 54.7 Å². The van der Waals surface area contributed by atoms with Gasteiger partial charge < -0.3 is 15.0 Å². The second-order valence-electron chi connectivity index (χ2n) is 6.70. The average Bonchev–Trinajstić information content (AvgIpc) is 3.30. The van der Waals surface area contributed by atoms with Crippen LogP contribution in [0.25, 0.3) is 0 Å². The molecule has 2 heterocycles. The number of hydrogen-bond acceptors (Lipinski definition) is 3.